The van der Waals surface area contributed by atoms with Crippen LogP contribution in [0.1, 0.15) is 119 Å². The minimum absolute atomic E-state index is 0.0417. The number of esters is 1. The Labute approximate surface area is 248 Å². The number of nitrogens with zero attached hydrogens (tertiary/aromatic N) is 1. The third kappa shape index (κ3) is 4.13. The van der Waals surface area contributed by atoms with Gasteiger partial charge in [-0.05, 0) is 124 Å². The van der Waals surface area contributed by atoms with Crippen LogP contribution in [0.25, 0.3) is 0 Å². The molecule has 1 heterocycles. The molecule has 6 aliphatic rings. The van der Waals surface area contributed by atoms with E-state index in [0.29, 0.717) is 24.6 Å². The molecule has 0 bridgehead atoms. The molecule has 6 rings (SSSR count). The second-order valence-corrected chi connectivity index (χ2v) is 17.1. The van der Waals surface area contributed by atoms with E-state index >= 15 is 0 Å². The van der Waals surface area contributed by atoms with Crippen molar-refractivity contribution in [2.75, 3.05) is 26.2 Å². The lowest BCUT2D eigenvalue weighted by atomic mass is 9.33. The van der Waals surface area contributed by atoms with Crippen molar-refractivity contribution in [1.82, 2.24) is 4.90 Å². The summed E-state index contributed by atoms with van der Waals surface area (Å²) >= 11 is 0. The van der Waals surface area contributed by atoms with Crippen molar-refractivity contribution < 1.29 is 19.1 Å². The molecule has 0 radical (unpaired) electrons. The van der Waals surface area contributed by atoms with Crippen LogP contribution >= 0.6 is 0 Å². The molecule has 0 unspecified atom stereocenters. The summed E-state index contributed by atoms with van der Waals surface area (Å²) in [5.74, 6) is 1.05. The molecule has 0 aromatic heterocycles. The van der Waals surface area contributed by atoms with Gasteiger partial charge in [-0.15, -0.1) is 0 Å². The number of carbonyl (C=O) groups excluding carboxylic acids is 3. The predicted molar refractivity (Wildman–Crippen MR) is 161 cm³/mol. The summed E-state index contributed by atoms with van der Waals surface area (Å²) in [7, 11) is 0. The number of likely N-dealkylation sites (tertiary alicyclic amines) is 1. The van der Waals surface area contributed by atoms with Gasteiger partial charge in [0.15, 0.2) is 5.78 Å². The van der Waals surface area contributed by atoms with Crippen LogP contribution in [-0.2, 0) is 19.1 Å². The van der Waals surface area contributed by atoms with Crippen molar-refractivity contribution >= 4 is 17.5 Å². The van der Waals surface area contributed by atoms with Gasteiger partial charge < -0.3 is 4.74 Å². The number of rotatable bonds is 4. The van der Waals surface area contributed by atoms with E-state index in [4.69, 9.17) is 4.74 Å². The van der Waals surface area contributed by atoms with Crippen LogP contribution in [0.4, 0.5) is 0 Å². The zero-order valence-electron chi connectivity index (χ0n) is 27.0. The predicted octanol–water partition coefficient (Wildman–Crippen LogP) is 7.18. The van der Waals surface area contributed by atoms with E-state index in [0.717, 1.165) is 71.0 Å². The van der Waals surface area contributed by atoms with E-state index < -0.39 is 5.41 Å². The van der Waals surface area contributed by atoms with Crippen LogP contribution in [0.5, 0.6) is 0 Å². The highest BCUT2D eigenvalue weighted by atomic mass is 16.5. The molecule has 0 aromatic carbocycles. The number of hydrogen-bond donors (Lipinski definition) is 0. The summed E-state index contributed by atoms with van der Waals surface area (Å²) in [4.78, 5) is 43.5. The average Bonchev–Trinajstić information content (AvgIpc) is 3.42. The largest absolute Gasteiger partial charge is 0.464 e. The van der Waals surface area contributed by atoms with Gasteiger partial charge in [0.05, 0.1) is 5.41 Å². The Bertz CT molecular complexity index is 1170. The van der Waals surface area contributed by atoms with Crippen molar-refractivity contribution in [2.45, 2.75) is 119 Å². The van der Waals surface area contributed by atoms with Crippen LogP contribution in [0.15, 0.2) is 11.6 Å². The van der Waals surface area contributed by atoms with Crippen LogP contribution < -0.4 is 0 Å². The zero-order chi connectivity index (χ0) is 29.6. The first-order valence-corrected chi connectivity index (χ1v) is 16.8. The van der Waals surface area contributed by atoms with E-state index in [2.05, 4.69) is 59.4 Å². The summed E-state index contributed by atoms with van der Waals surface area (Å²) in [5, 5.41) is 0. The fourth-order valence-corrected chi connectivity index (χ4v) is 11.6. The third-order valence-corrected chi connectivity index (χ3v) is 14.7. The summed E-state index contributed by atoms with van der Waals surface area (Å²) in [6.45, 7) is 19.6. The zero-order valence-corrected chi connectivity index (χ0v) is 27.0. The first-order chi connectivity index (χ1) is 19.1. The van der Waals surface area contributed by atoms with Gasteiger partial charge in [0.2, 0.25) is 0 Å². The van der Waals surface area contributed by atoms with Gasteiger partial charge in [-0.1, -0.05) is 47.1 Å². The van der Waals surface area contributed by atoms with Crippen molar-refractivity contribution in [3.8, 4) is 0 Å². The molecule has 0 spiro atoms. The Balaban J connectivity index is 1.30. The molecular weight excluding hydrogens is 510 g/mol. The molecule has 0 amide bonds. The molecule has 8 atom stereocenters. The summed E-state index contributed by atoms with van der Waals surface area (Å²) in [5.41, 5.74) is 0.197. The van der Waals surface area contributed by atoms with Gasteiger partial charge in [-0.3, -0.25) is 19.3 Å². The highest BCUT2D eigenvalue weighted by Crippen LogP contribution is 2.74. The van der Waals surface area contributed by atoms with Gasteiger partial charge in [-0.2, -0.15) is 0 Å². The topological polar surface area (TPSA) is 63.7 Å². The van der Waals surface area contributed by atoms with E-state index in [1.54, 1.807) is 0 Å². The number of ether oxygens (including phenoxy) is 1. The molecule has 5 nitrogen and oxygen atoms in total. The minimum atomic E-state index is -0.507. The fourth-order valence-electron chi connectivity index (χ4n) is 11.6. The molecule has 1 aliphatic heterocycles. The smallest absolute Gasteiger partial charge is 0.311 e. The lowest BCUT2D eigenvalue weighted by molar-refractivity contribution is -0.188. The van der Waals surface area contributed by atoms with E-state index in [1.807, 2.05) is 0 Å². The Hall–Kier alpha value is -1.49. The van der Waals surface area contributed by atoms with E-state index in [1.165, 1.54) is 18.4 Å². The van der Waals surface area contributed by atoms with Crippen molar-refractivity contribution in [1.29, 1.82) is 0 Å². The maximum absolute atomic E-state index is 14.5. The lowest BCUT2D eigenvalue weighted by Gasteiger charge is -2.69. The minimum Gasteiger partial charge on any atom is -0.464 e. The van der Waals surface area contributed by atoms with Crippen LogP contribution in [0, 0.1) is 50.2 Å². The molecule has 41 heavy (non-hydrogen) atoms. The molecule has 5 heteroatoms. The third-order valence-electron chi connectivity index (χ3n) is 14.7. The van der Waals surface area contributed by atoms with E-state index in [-0.39, 0.29) is 50.8 Å². The highest BCUT2D eigenvalue weighted by molar-refractivity contribution is 5.96. The Morgan fingerprint density at radius 3 is 2.32 bits per heavy atom. The molecular formula is C36H55NO4. The summed E-state index contributed by atoms with van der Waals surface area (Å²) < 4.78 is 5.95. The molecule has 5 fully saturated rings. The Morgan fingerprint density at radius 1 is 0.927 bits per heavy atom. The first kappa shape index (κ1) is 29.6. The molecule has 228 valence electrons. The van der Waals surface area contributed by atoms with Gasteiger partial charge in [0.1, 0.15) is 12.4 Å². The second-order valence-electron chi connectivity index (χ2n) is 17.1. The maximum Gasteiger partial charge on any atom is 0.311 e. The number of hydrogen-bond acceptors (Lipinski definition) is 5. The fraction of sp³-hybridized carbons (Fsp3) is 0.861. The number of carbonyl (C=O) groups is 3. The molecule has 0 N–H and O–H groups in total. The Kier molecular flexibility index (Phi) is 6.86. The van der Waals surface area contributed by atoms with Gasteiger partial charge in [0, 0.05) is 24.3 Å². The van der Waals surface area contributed by atoms with Crippen LogP contribution in [0.3, 0.4) is 0 Å². The standard InChI is InChI=1S/C36H55NO4/c1-31(2)27-10-13-36(7)29(34(27,5)12-11-28(31)39)26(38)22-24-25-23-33(4,15-14-32(25,3)16-17-35(24,36)6)30(40)41-21-20-37-18-8-9-19-37/h22,25,27,29H,8-21,23H2,1-7H3/t25-,27+,29-,32-,33+,34+,35-,36-/m1/s1. The van der Waals surface area contributed by atoms with Crippen LogP contribution in [0.2, 0.25) is 0 Å². The first-order valence-electron chi connectivity index (χ1n) is 16.8. The second kappa shape index (κ2) is 9.50. The van der Waals surface area contributed by atoms with Gasteiger partial charge in [0.25, 0.3) is 0 Å². The molecule has 5 aliphatic carbocycles. The molecule has 1 saturated heterocycles. The Morgan fingerprint density at radius 2 is 1.61 bits per heavy atom. The monoisotopic (exact) mass is 565 g/mol. The summed E-state index contributed by atoms with van der Waals surface area (Å²) in [6.07, 6.45) is 12.9. The van der Waals surface area contributed by atoms with E-state index in [9.17, 15) is 14.4 Å². The lowest BCUT2D eigenvalue weighted by Crippen LogP contribution is -2.66. The SMILES string of the molecule is CC1(C)C(=O)CC[C@]2(C)[C@H]3C(=O)C=C4[C@H]5C[C@@](C)(C(=O)OCCN6CCCC6)CC[C@]5(C)CC[C@@]4(C)[C@]3(C)CC[C@@H]12. The van der Waals surface area contributed by atoms with Crippen molar-refractivity contribution in [3.05, 3.63) is 11.6 Å². The normalized spacial score (nSPS) is 47.5. The number of ketones is 2. The average molecular weight is 566 g/mol. The van der Waals surface area contributed by atoms with Gasteiger partial charge >= 0.3 is 5.97 Å². The van der Waals surface area contributed by atoms with Crippen LogP contribution in [-0.4, -0.2) is 48.7 Å². The quantitative estimate of drug-likeness (QED) is 0.338. The number of Topliss-reactive ketones (excluding diaryl/α,β-unsaturated/α-hetero) is 1. The van der Waals surface area contributed by atoms with Gasteiger partial charge in [-0.25, -0.2) is 0 Å². The highest BCUT2D eigenvalue weighted by Gasteiger charge is 2.70. The molecule has 0 aromatic rings. The molecule has 4 saturated carbocycles. The number of allylic oxidation sites excluding steroid dienone is 2. The number of fused-ring (bicyclic) bond motifs is 7. The van der Waals surface area contributed by atoms with Crippen molar-refractivity contribution in [3.63, 3.8) is 0 Å². The van der Waals surface area contributed by atoms with Crippen molar-refractivity contribution in [2.24, 2.45) is 50.2 Å². The maximum atomic E-state index is 14.5. The summed E-state index contributed by atoms with van der Waals surface area (Å²) in [6, 6.07) is 0.